The summed E-state index contributed by atoms with van der Waals surface area (Å²) < 4.78 is 13.0. The Morgan fingerprint density at radius 3 is 2.42 bits per heavy atom. The number of hydrogen-bond acceptors (Lipinski definition) is 10. The van der Waals surface area contributed by atoms with Gasteiger partial charge in [0.2, 0.25) is 5.75 Å². The first-order chi connectivity index (χ1) is 23.1. The van der Waals surface area contributed by atoms with Crippen molar-refractivity contribution in [2.45, 2.75) is 13.0 Å². The highest BCUT2D eigenvalue weighted by Crippen LogP contribution is 2.35. The summed E-state index contributed by atoms with van der Waals surface area (Å²) in [5, 5.41) is 25.6. The number of nitro benzene ring substituents is 2. The van der Waals surface area contributed by atoms with E-state index < -0.39 is 33.2 Å². The molecule has 2 heterocycles. The van der Waals surface area contributed by atoms with E-state index in [9.17, 15) is 29.8 Å². The van der Waals surface area contributed by atoms with Gasteiger partial charge in [-0.3, -0.25) is 34.4 Å². The van der Waals surface area contributed by atoms with Crippen LogP contribution in [0.5, 0.6) is 17.2 Å². The Labute approximate surface area is 275 Å². The monoisotopic (exact) mass is 663 g/mol. The minimum Gasteiger partial charge on any atom is -0.497 e. The third kappa shape index (κ3) is 6.32. The molecule has 13 nitrogen and oxygen atoms in total. The van der Waals surface area contributed by atoms with Crippen LogP contribution >= 0.6 is 11.3 Å². The maximum absolute atomic E-state index is 14.1. The highest BCUT2D eigenvalue weighted by atomic mass is 32.1. The van der Waals surface area contributed by atoms with Crippen molar-refractivity contribution in [2.75, 3.05) is 12.4 Å². The Hall–Kier alpha value is -6.41. The van der Waals surface area contributed by atoms with Gasteiger partial charge in [0.1, 0.15) is 11.5 Å². The van der Waals surface area contributed by atoms with Crippen LogP contribution in [0.25, 0.3) is 6.08 Å². The molecule has 0 spiro atoms. The first kappa shape index (κ1) is 31.6. The molecule has 0 unspecified atom stereocenters. The molecular formula is C34H25N5O8S. The number of allylic oxidation sites excluding steroid dienone is 1. The predicted molar refractivity (Wildman–Crippen MR) is 178 cm³/mol. The number of carbonyl (C=O) groups excluding carboxylic acids is 1. The zero-order valence-corrected chi connectivity index (χ0v) is 26.2. The average molecular weight is 664 g/mol. The Morgan fingerprint density at radius 2 is 1.69 bits per heavy atom. The van der Waals surface area contributed by atoms with Gasteiger partial charge in [0, 0.05) is 11.8 Å². The SMILES string of the molecule is COc1cccc([C@@H]2C(C(=O)Nc3ccccc3)=C(C)N=c3s/c(=C/c4cccc(Oc5ccc([N+](=O)[O-])cc5[N+](=O)[O-])c4)c(=O)n32)c1. The molecule has 4 aromatic carbocycles. The molecule has 1 atom stereocenters. The van der Waals surface area contributed by atoms with Crippen molar-refractivity contribution in [3.8, 4) is 17.2 Å². The van der Waals surface area contributed by atoms with Crippen LogP contribution in [0.15, 0.2) is 118 Å². The summed E-state index contributed by atoms with van der Waals surface area (Å²) >= 11 is 1.14. The molecule has 6 rings (SSSR count). The van der Waals surface area contributed by atoms with Crippen molar-refractivity contribution in [2.24, 2.45) is 4.99 Å². The minimum atomic E-state index is -0.820. The molecule has 240 valence electrons. The summed E-state index contributed by atoms with van der Waals surface area (Å²) in [6.45, 7) is 1.72. The highest BCUT2D eigenvalue weighted by Gasteiger charge is 2.33. The lowest BCUT2D eigenvalue weighted by Gasteiger charge is -2.25. The molecule has 0 saturated carbocycles. The van der Waals surface area contributed by atoms with E-state index in [1.54, 1.807) is 79.7 Å². The quantitative estimate of drug-likeness (QED) is 0.160. The molecule has 0 saturated heterocycles. The number of non-ortho nitro benzene ring substituents is 1. The largest absolute Gasteiger partial charge is 0.497 e. The second-order valence-corrected chi connectivity index (χ2v) is 11.5. The van der Waals surface area contributed by atoms with Crippen molar-refractivity contribution in [3.63, 3.8) is 0 Å². The third-order valence-corrected chi connectivity index (χ3v) is 8.42. The van der Waals surface area contributed by atoms with E-state index in [2.05, 4.69) is 10.3 Å². The van der Waals surface area contributed by atoms with E-state index in [1.807, 2.05) is 12.1 Å². The fourth-order valence-corrected chi connectivity index (χ4v) is 6.30. The van der Waals surface area contributed by atoms with Crippen molar-refractivity contribution in [1.82, 2.24) is 4.57 Å². The number of nitro groups is 2. The maximum atomic E-state index is 14.1. The summed E-state index contributed by atoms with van der Waals surface area (Å²) in [5.41, 5.74) is 1.12. The molecule has 1 aromatic heterocycles. The molecule has 1 amide bonds. The number of ether oxygens (including phenoxy) is 2. The van der Waals surface area contributed by atoms with Crippen molar-refractivity contribution >= 4 is 40.4 Å². The first-order valence-corrected chi connectivity index (χ1v) is 15.2. The zero-order chi connectivity index (χ0) is 33.9. The smallest absolute Gasteiger partial charge is 0.318 e. The fourth-order valence-electron chi connectivity index (χ4n) is 5.25. The number of hydrogen-bond donors (Lipinski definition) is 1. The molecule has 5 aromatic rings. The fraction of sp³-hybridized carbons (Fsp3) is 0.0882. The number of anilines is 1. The van der Waals surface area contributed by atoms with Crippen LogP contribution in [0.1, 0.15) is 24.1 Å². The minimum absolute atomic E-state index is 0.183. The number of carbonyl (C=O) groups is 1. The Balaban J connectivity index is 1.41. The van der Waals surface area contributed by atoms with Crippen molar-refractivity contribution in [1.29, 1.82) is 0 Å². The number of aromatic nitrogens is 1. The first-order valence-electron chi connectivity index (χ1n) is 14.4. The lowest BCUT2D eigenvalue weighted by Crippen LogP contribution is -2.40. The van der Waals surface area contributed by atoms with Gasteiger partial charge in [-0.2, -0.15) is 0 Å². The van der Waals surface area contributed by atoms with Gasteiger partial charge in [0.25, 0.3) is 17.2 Å². The van der Waals surface area contributed by atoms with E-state index in [4.69, 9.17) is 9.47 Å². The summed E-state index contributed by atoms with van der Waals surface area (Å²) in [5.74, 6) is 0.169. The topological polar surface area (TPSA) is 168 Å². The van der Waals surface area contributed by atoms with Gasteiger partial charge in [0.05, 0.1) is 44.9 Å². The number of nitrogens with one attached hydrogen (secondary N) is 1. The van der Waals surface area contributed by atoms with Gasteiger partial charge in [-0.15, -0.1) is 0 Å². The Kier molecular flexibility index (Phi) is 8.64. The van der Waals surface area contributed by atoms with Gasteiger partial charge < -0.3 is 14.8 Å². The number of thiazole rings is 1. The average Bonchev–Trinajstić information content (AvgIpc) is 3.38. The molecule has 1 aliphatic rings. The van der Waals surface area contributed by atoms with Crippen LogP contribution in [0, 0.1) is 20.2 Å². The molecular weight excluding hydrogens is 638 g/mol. The van der Waals surface area contributed by atoms with Gasteiger partial charge in [-0.1, -0.05) is 53.8 Å². The lowest BCUT2D eigenvalue weighted by atomic mass is 9.95. The maximum Gasteiger partial charge on any atom is 0.318 e. The summed E-state index contributed by atoms with van der Waals surface area (Å²) in [6, 6.07) is 24.9. The van der Waals surface area contributed by atoms with Crippen LogP contribution in [-0.2, 0) is 4.79 Å². The normalized spacial score (nSPS) is 14.1. The third-order valence-electron chi connectivity index (χ3n) is 7.44. The molecule has 0 bridgehead atoms. The predicted octanol–water partition coefficient (Wildman–Crippen LogP) is 5.49. The molecule has 1 aliphatic heterocycles. The van der Waals surface area contributed by atoms with E-state index in [0.717, 1.165) is 29.5 Å². The Bertz CT molecular complexity index is 2310. The van der Waals surface area contributed by atoms with E-state index in [-0.39, 0.29) is 17.1 Å². The number of methoxy groups -OCH3 is 1. The Morgan fingerprint density at radius 1 is 0.938 bits per heavy atom. The number of benzene rings is 4. The standard InChI is InChI=1S/C34H25N5O8S/c1-20-30(32(40)36-23-10-4-3-5-11-23)31(22-9-7-12-25(18-22)46-2)37-33(41)29(48-34(37)35-20)17-21-8-6-13-26(16-21)47-28-15-14-24(38(42)43)19-27(28)39(44)45/h3-19,31H,1-2H3,(H,36,40)/b29-17+/t31-/m1/s1. The highest BCUT2D eigenvalue weighted by molar-refractivity contribution is 7.07. The number of amides is 1. The number of fused-ring (bicyclic) bond motifs is 1. The summed E-state index contributed by atoms with van der Waals surface area (Å²) in [7, 11) is 1.53. The molecule has 1 N–H and O–H groups in total. The molecule has 0 aliphatic carbocycles. The van der Waals surface area contributed by atoms with Gasteiger partial charge in [-0.05, 0) is 66.6 Å². The van der Waals surface area contributed by atoms with Crippen molar-refractivity contribution < 1.29 is 24.1 Å². The lowest BCUT2D eigenvalue weighted by molar-refractivity contribution is -0.394. The zero-order valence-electron chi connectivity index (χ0n) is 25.4. The van der Waals surface area contributed by atoms with Crippen LogP contribution in [0.4, 0.5) is 17.1 Å². The molecule has 0 radical (unpaired) electrons. The van der Waals surface area contributed by atoms with Crippen LogP contribution in [0.3, 0.4) is 0 Å². The van der Waals surface area contributed by atoms with Crippen LogP contribution < -0.4 is 29.7 Å². The van der Waals surface area contributed by atoms with Gasteiger partial charge >= 0.3 is 5.69 Å². The summed E-state index contributed by atoms with van der Waals surface area (Å²) in [6.07, 6.45) is 1.63. The second kappa shape index (κ2) is 13.1. The second-order valence-electron chi connectivity index (χ2n) is 10.5. The van der Waals surface area contributed by atoms with E-state index in [0.29, 0.717) is 43.2 Å². The molecule has 48 heavy (non-hydrogen) atoms. The number of nitrogens with zero attached hydrogens (tertiary/aromatic N) is 4. The van der Waals surface area contributed by atoms with Gasteiger partial charge in [0.15, 0.2) is 4.80 Å². The van der Waals surface area contributed by atoms with Crippen molar-refractivity contribution in [3.05, 3.63) is 159 Å². The van der Waals surface area contributed by atoms with Crippen LogP contribution in [0.2, 0.25) is 0 Å². The molecule has 14 heteroatoms. The van der Waals surface area contributed by atoms with Crippen LogP contribution in [-0.4, -0.2) is 27.4 Å². The van der Waals surface area contributed by atoms with E-state index >= 15 is 0 Å². The summed E-state index contributed by atoms with van der Waals surface area (Å²) in [4.78, 5) is 54.1. The number of rotatable bonds is 9. The van der Waals surface area contributed by atoms with Gasteiger partial charge in [-0.25, -0.2) is 4.99 Å². The number of para-hydroxylation sites is 1. The molecule has 0 fully saturated rings. The van der Waals surface area contributed by atoms with E-state index in [1.165, 1.54) is 11.7 Å².